The smallest absolute Gasteiger partial charge is 0.0799 e. The third kappa shape index (κ3) is 5.94. The van der Waals surface area contributed by atoms with E-state index in [9.17, 15) is 5.11 Å². The van der Waals surface area contributed by atoms with Crippen molar-refractivity contribution in [1.29, 1.82) is 0 Å². The highest BCUT2D eigenvalue weighted by molar-refractivity contribution is 7.99. The van der Waals surface area contributed by atoms with Gasteiger partial charge in [0.05, 0.1) is 5.60 Å². The van der Waals surface area contributed by atoms with Crippen LogP contribution in [0.4, 0.5) is 0 Å². The van der Waals surface area contributed by atoms with E-state index in [2.05, 4.69) is 31.2 Å². The highest BCUT2D eigenvalue weighted by atomic mass is 32.2. The molecule has 0 radical (unpaired) electrons. The Morgan fingerprint density at radius 1 is 1.35 bits per heavy atom. The maximum absolute atomic E-state index is 10.0. The van der Waals surface area contributed by atoms with Crippen LogP contribution < -0.4 is 0 Å². The lowest BCUT2D eigenvalue weighted by atomic mass is 9.99. The van der Waals surface area contributed by atoms with Gasteiger partial charge in [-0.1, -0.05) is 37.3 Å². The Bertz CT molecular complexity index is 343. The molecule has 2 unspecified atom stereocenters. The van der Waals surface area contributed by atoms with E-state index in [1.165, 1.54) is 4.90 Å². The Labute approximate surface area is 109 Å². The Kier molecular flexibility index (Phi) is 5.79. The summed E-state index contributed by atoms with van der Waals surface area (Å²) >= 11 is 1.87. The molecule has 0 saturated heterocycles. The summed E-state index contributed by atoms with van der Waals surface area (Å²) in [4.78, 5) is 1.30. The van der Waals surface area contributed by atoms with E-state index in [-0.39, 0.29) is 0 Å². The van der Waals surface area contributed by atoms with Crippen molar-refractivity contribution in [3.8, 4) is 0 Å². The molecule has 0 fully saturated rings. The predicted molar refractivity (Wildman–Crippen MR) is 76.4 cm³/mol. The van der Waals surface area contributed by atoms with E-state index in [1.54, 1.807) is 0 Å². The van der Waals surface area contributed by atoms with Gasteiger partial charge in [-0.25, -0.2) is 0 Å². The second-order valence-corrected chi connectivity index (χ2v) is 6.15. The van der Waals surface area contributed by atoms with E-state index >= 15 is 0 Å². The molecule has 0 aliphatic rings. The number of aliphatic hydroxyl groups is 1. The Morgan fingerprint density at radius 2 is 2.00 bits per heavy atom. The van der Waals surface area contributed by atoms with Gasteiger partial charge in [-0.3, -0.25) is 0 Å². The lowest BCUT2D eigenvalue weighted by molar-refractivity contribution is 0.0994. The quantitative estimate of drug-likeness (QED) is 0.601. The van der Waals surface area contributed by atoms with Crippen LogP contribution in [0.5, 0.6) is 0 Å². The normalized spacial score (nSPS) is 16.9. The molecule has 1 nitrogen and oxygen atoms in total. The van der Waals surface area contributed by atoms with Crippen LogP contribution in [0.25, 0.3) is 0 Å². The maximum atomic E-state index is 10.0. The van der Waals surface area contributed by atoms with Crippen molar-refractivity contribution in [2.75, 3.05) is 0 Å². The largest absolute Gasteiger partial charge is 0.386 e. The molecule has 0 saturated carbocycles. The minimum atomic E-state index is -0.666. The maximum Gasteiger partial charge on any atom is 0.0799 e. The highest BCUT2D eigenvalue weighted by Crippen LogP contribution is 2.27. The molecule has 0 bridgehead atoms. The standard InChI is InChI=1S/C15H22OS/c1-4-11-15(3,16)12-10-13(2)17-14-8-6-5-7-9-14/h4-9,11,13,16H,10,12H2,1-3H3/b11-4+. The van der Waals surface area contributed by atoms with Crippen LogP contribution in [0.2, 0.25) is 0 Å². The van der Waals surface area contributed by atoms with Crippen molar-refractivity contribution in [1.82, 2.24) is 0 Å². The summed E-state index contributed by atoms with van der Waals surface area (Å²) in [7, 11) is 0. The van der Waals surface area contributed by atoms with Crippen LogP contribution in [-0.2, 0) is 0 Å². The summed E-state index contributed by atoms with van der Waals surface area (Å²) in [5.41, 5.74) is -0.666. The molecule has 2 atom stereocenters. The summed E-state index contributed by atoms with van der Waals surface area (Å²) in [5.74, 6) is 0. The summed E-state index contributed by atoms with van der Waals surface area (Å²) in [6.07, 6.45) is 5.59. The summed E-state index contributed by atoms with van der Waals surface area (Å²) in [5, 5.41) is 10.6. The third-order valence-electron chi connectivity index (χ3n) is 2.66. The lowest BCUT2D eigenvalue weighted by Gasteiger charge is -2.21. The zero-order valence-electron chi connectivity index (χ0n) is 10.9. The number of benzene rings is 1. The van der Waals surface area contributed by atoms with Crippen molar-refractivity contribution in [2.24, 2.45) is 0 Å². The van der Waals surface area contributed by atoms with E-state index in [1.807, 2.05) is 43.8 Å². The van der Waals surface area contributed by atoms with Crippen molar-refractivity contribution in [3.63, 3.8) is 0 Å². The van der Waals surface area contributed by atoms with Gasteiger partial charge in [0.25, 0.3) is 0 Å². The molecule has 2 heteroatoms. The van der Waals surface area contributed by atoms with Crippen LogP contribution in [-0.4, -0.2) is 16.0 Å². The minimum absolute atomic E-state index is 0.522. The molecular weight excluding hydrogens is 228 g/mol. The van der Waals surface area contributed by atoms with Crippen molar-refractivity contribution < 1.29 is 5.11 Å². The Balaban J connectivity index is 2.38. The van der Waals surface area contributed by atoms with Gasteiger partial charge in [-0.05, 0) is 38.8 Å². The van der Waals surface area contributed by atoms with Gasteiger partial charge in [-0.2, -0.15) is 0 Å². The highest BCUT2D eigenvalue weighted by Gasteiger charge is 2.17. The number of allylic oxidation sites excluding steroid dienone is 1. The van der Waals surface area contributed by atoms with Gasteiger partial charge < -0.3 is 5.11 Å². The van der Waals surface area contributed by atoms with E-state index in [0.29, 0.717) is 5.25 Å². The number of hydrogen-bond acceptors (Lipinski definition) is 2. The molecule has 0 aliphatic heterocycles. The molecular formula is C15H22OS. The summed E-state index contributed by atoms with van der Waals surface area (Å²) < 4.78 is 0. The second kappa shape index (κ2) is 6.87. The topological polar surface area (TPSA) is 20.2 Å². The molecule has 1 rings (SSSR count). The Hall–Kier alpha value is -0.730. The molecule has 0 amide bonds. The first kappa shape index (κ1) is 14.3. The number of rotatable bonds is 6. The molecule has 1 aromatic rings. The second-order valence-electron chi connectivity index (χ2n) is 4.64. The summed E-state index contributed by atoms with van der Waals surface area (Å²) in [6.45, 7) is 6.02. The van der Waals surface area contributed by atoms with Crippen LogP contribution in [0.3, 0.4) is 0 Å². The molecule has 0 aromatic heterocycles. The fourth-order valence-corrected chi connectivity index (χ4v) is 2.74. The minimum Gasteiger partial charge on any atom is -0.386 e. The molecule has 1 aromatic carbocycles. The average molecular weight is 250 g/mol. The van der Waals surface area contributed by atoms with Crippen LogP contribution in [0, 0.1) is 0 Å². The molecule has 1 N–H and O–H groups in total. The zero-order valence-corrected chi connectivity index (χ0v) is 11.7. The van der Waals surface area contributed by atoms with E-state index in [0.717, 1.165) is 12.8 Å². The molecule has 17 heavy (non-hydrogen) atoms. The molecule has 0 heterocycles. The van der Waals surface area contributed by atoms with Gasteiger partial charge in [0.15, 0.2) is 0 Å². The summed E-state index contributed by atoms with van der Waals surface area (Å²) in [6, 6.07) is 10.4. The molecule has 94 valence electrons. The lowest BCUT2D eigenvalue weighted by Crippen LogP contribution is -2.21. The SMILES string of the molecule is C/C=C/C(C)(O)CCC(C)Sc1ccccc1. The monoisotopic (exact) mass is 250 g/mol. The van der Waals surface area contributed by atoms with E-state index in [4.69, 9.17) is 0 Å². The van der Waals surface area contributed by atoms with Crippen molar-refractivity contribution in [2.45, 2.75) is 49.4 Å². The van der Waals surface area contributed by atoms with Crippen molar-refractivity contribution in [3.05, 3.63) is 42.5 Å². The Morgan fingerprint density at radius 3 is 2.59 bits per heavy atom. The fraction of sp³-hybridized carbons (Fsp3) is 0.467. The van der Waals surface area contributed by atoms with Gasteiger partial charge in [0.1, 0.15) is 0 Å². The van der Waals surface area contributed by atoms with Gasteiger partial charge in [-0.15, -0.1) is 11.8 Å². The first-order valence-electron chi connectivity index (χ1n) is 6.11. The van der Waals surface area contributed by atoms with Crippen LogP contribution >= 0.6 is 11.8 Å². The van der Waals surface area contributed by atoms with Gasteiger partial charge in [0, 0.05) is 10.1 Å². The van der Waals surface area contributed by atoms with Crippen LogP contribution in [0.1, 0.15) is 33.6 Å². The zero-order chi connectivity index (χ0) is 12.7. The first-order chi connectivity index (χ1) is 8.03. The van der Waals surface area contributed by atoms with Crippen molar-refractivity contribution >= 4 is 11.8 Å². The van der Waals surface area contributed by atoms with Crippen LogP contribution in [0.15, 0.2) is 47.4 Å². The average Bonchev–Trinajstić information content (AvgIpc) is 2.28. The molecule has 0 aliphatic carbocycles. The van der Waals surface area contributed by atoms with Gasteiger partial charge in [0.2, 0.25) is 0 Å². The number of hydrogen-bond donors (Lipinski definition) is 1. The number of thioether (sulfide) groups is 1. The first-order valence-corrected chi connectivity index (χ1v) is 6.99. The molecule has 0 spiro atoms. The third-order valence-corrected chi connectivity index (χ3v) is 3.85. The van der Waals surface area contributed by atoms with E-state index < -0.39 is 5.60 Å². The fourth-order valence-electron chi connectivity index (χ4n) is 1.73. The van der Waals surface area contributed by atoms with Gasteiger partial charge >= 0.3 is 0 Å². The predicted octanol–water partition coefficient (Wildman–Crippen LogP) is 4.27.